The smallest absolute Gasteiger partial charge is 0.257 e. The molecule has 7 nitrogen and oxygen atoms in total. The second kappa shape index (κ2) is 7.73. The van der Waals surface area contributed by atoms with Crippen molar-refractivity contribution in [1.29, 1.82) is 0 Å². The summed E-state index contributed by atoms with van der Waals surface area (Å²) in [5.41, 5.74) is 9.48. The molecule has 1 amide bonds. The first-order valence-corrected chi connectivity index (χ1v) is 9.22. The number of benzene rings is 2. The van der Waals surface area contributed by atoms with Crippen LogP contribution in [0.15, 0.2) is 66.3 Å². The van der Waals surface area contributed by atoms with Crippen LogP contribution in [0.2, 0.25) is 5.02 Å². The average molecular weight is 405 g/mol. The van der Waals surface area contributed by atoms with Crippen molar-refractivity contribution in [2.75, 3.05) is 12.3 Å². The Hall–Kier alpha value is -3.71. The number of anilines is 1. The third-order valence-corrected chi connectivity index (χ3v) is 4.55. The van der Waals surface area contributed by atoms with E-state index in [1.807, 2.05) is 36.4 Å². The molecule has 4 rings (SSSR count). The molecule has 0 unspecified atom stereocenters. The molecular formula is C21H17ClN6O. The highest BCUT2D eigenvalue weighted by Gasteiger charge is 2.23. The molecule has 0 radical (unpaired) electrons. The molecule has 8 heteroatoms. The van der Waals surface area contributed by atoms with Gasteiger partial charge in [-0.3, -0.25) is 4.79 Å². The molecule has 0 atom stereocenters. The molecule has 144 valence electrons. The maximum Gasteiger partial charge on any atom is 0.257 e. The summed E-state index contributed by atoms with van der Waals surface area (Å²) in [5.74, 6) is -0.209. The summed E-state index contributed by atoms with van der Waals surface area (Å²) in [6.07, 6.45) is 3.21. The zero-order valence-electron chi connectivity index (χ0n) is 15.3. The highest BCUT2D eigenvalue weighted by molar-refractivity contribution is 6.30. The normalized spacial score (nSPS) is 11.3. The summed E-state index contributed by atoms with van der Waals surface area (Å²) in [7, 11) is 0. The predicted molar refractivity (Wildman–Crippen MR) is 116 cm³/mol. The van der Waals surface area contributed by atoms with Gasteiger partial charge in [-0.25, -0.2) is 9.97 Å². The van der Waals surface area contributed by atoms with E-state index < -0.39 is 0 Å². The van der Waals surface area contributed by atoms with Gasteiger partial charge in [0.15, 0.2) is 5.65 Å². The maximum absolute atomic E-state index is 12.7. The standard InChI is InChI=1S/C21H17ClN6O/c1-2-11-24-21(29)17-18-20(27-16-6-4-3-5-15(16)26-18)28(19(17)23)25-12-13-7-9-14(22)10-8-13/h2-10,12H,1,11,23H2,(H,24,29)/b25-12+. The number of amides is 1. The van der Waals surface area contributed by atoms with Crippen LogP contribution in [-0.4, -0.2) is 33.3 Å². The molecule has 0 aliphatic heterocycles. The molecule has 0 aliphatic rings. The van der Waals surface area contributed by atoms with E-state index in [1.165, 1.54) is 4.68 Å². The van der Waals surface area contributed by atoms with Crippen LogP contribution in [0.25, 0.3) is 22.2 Å². The highest BCUT2D eigenvalue weighted by Crippen LogP contribution is 2.27. The monoisotopic (exact) mass is 404 g/mol. The van der Waals surface area contributed by atoms with Gasteiger partial charge in [0, 0.05) is 11.6 Å². The number of nitrogens with zero attached hydrogens (tertiary/aromatic N) is 4. The third kappa shape index (κ3) is 3.55. The summed E-state index contributed by atoms with van der Waals surface area (Å²) < 4.78 is 1.42. The Bertz CT molecular complexity index is 1260. The number of hydrogen-bond acceptors (Lipinski definition) is 5. The minimum atomic E-state index is -0.363. The maximum atomic E-state index is 12.7. The van der Waals surface area contributed by atoms with Gasteiger partial charge in [-0.05, 0) is 29.8 Å². The number of carbonyl (C=O) groups excluding carboxylic acids is 1. The number of nitrogens with one attached hydrogen (secondary N) is 1. The number of aromatic nitrogens is 3. The summed E-state index contributed by atoms with van der Waals surface area (Å²) in [6.45, 7) is 3.92. The SMILES string of the molecule is C=CCNC(=O)c1c(N)n(/N=C/c2ccc(Cl)cc2)c2nc3ccccc3nc12. The van der Waals surface area contributed by atoms with Crippen LogP contribution in [0.5, 0.6) is 0 Å². The number of nitrogens with two attached hydrogens (primary N) is 1. The fourth-order valence-corrected chi connectivity index (χ4v) is 3.04. The Balaban J connectivity index is 1.91. The van der Waals surface area contributed by atoms with Crippen LogP contribution in [0.1, 0.15) is 15.9 Å². The van der Waals surface area contributed by atoms with Gasteiger partial charge in [-0.2, -0.15) is 9.78 Å². The molecule has 2 heterocycles. The van der Waals surface area contributed by atoms with E-state index >= 15 is 0 Å². The van der Waals surface area contributed by atoms with Crippen LogP contribution >= 0.6 is 11.6 Å². The molecule has 0 saturated heterocycles. The van der Waals surface area contributed by atoms with Crippen molar-refractivity contribution in [2.24, 2.45) is 5.10 Å². The van der Waals surface area contributed by atoms with Gasteiger partial charge in [0.1, 0.15) is 16.9 Å². The van der Waals surface area contributed by atoms with E-state index in [4.69, 9.17) is 17.3 Å². The first-order chi connectivity index (χ1) is 14.1. The fraction of sp³-hybridized carbons (Fsp3) is 0.0476. The van der Waals surface area contributed by atoms with Gasteiger partial charge in [0.25, 0.3) is 5.91 Å². The number of nitrogen functional groups attached to an aromatic ring is 1. The second-order valence-electron chi connectivity index (χ2n) is 6.25. The molecule has 0 spiro atoms. The zero-order valence-corrected chi connectivity index (χ0v) is 16.1. The van der Waals surface area contributed by atoms with Crippen LogP contribution in [-0.2, 0) is 0 Å². The molecule has 0 saturated carbocycles. The van der Waals surface area contributed by atoms with E-state index in [2.05, 4.69) is 27.0 Å². The van der Waals surface area contributed by atoms with E-state index in [1.54, 1.807) is 24.4 Å². The van der Waals surface area contributed by atoms with Gasteiger partial charge in [0.2, 0.25) is 0 Å². The molecule has 2 aromatic heterocycles. The van der Waals surface area contributed by atoms with Crippen LogP contribution in [0.4, 0.5) is 5.82 Å². The largest absolute Gasteiger partial charge is 0.383 e. The van der Waals surface area contributed by atoms with Gasteiger partial charge >= 0.3 is 0 Å². The van der Waals surface area contributed by atoms with Crippen molar-refractivity contribution < 1.29 is 4.79 Å². The number of para-hydroxylation sites is 2. The number of rotatable bonds is 5. The van der Waals surface area contributed by atoms with E-state index in [-0.39, 0.29) is 17.3 Å². The second-order valence-corrected chi connectivity index (χ2v) is 6.69. The molecule has 3 N–H and O–H groups in total. The van der Waals surface area contributed by atoms with E-state index in [0.29, 0.717) is 33.8 Å². The molecule has 29 heavy (non-hydrogen) atoms. The van der Waals surface area contributed by atoms with Crippen molar-refractivity contribution in [3.05, 3.63) is 77.3 Å². The Labute approximate surface area is 171 Å². The van der Waals surface area contributed by atoms with Crippen LogP contribution in [0.3, 0.4) is 0 Å². The fourth-order valence-electron chi connectivity index (χ4n) is 2.91. The first-order valence-electron chi connectivity index (χ1n) is 8.84. The molecular weight excluding hydrogens is 388 g/mol. The predicted octanol–water partition coefficient (Wildman–Crippen LogP) is 3.62. The van der Waals surface area contributed by atoms with Crippen molar-refractivity contribution in [1.82, 2.24) is 20.0 Å². The molecule has 2 aromatic carbocycles. The lowest BCUT2D eigenvalue weighted by molar-refractivity contribution is 0.0960. The number of fused-ring (bicyclic) bond motifs is 2. The zero-order chi connectivity index (χ0) is 20.4. The van der Waals surface area contributed by atoms with Gasteiger partial charge in [-0.15, -0.1) is 6.58 Å². The first kappa shape index (κ1) is 18.6. The average Bonchev–Trinajstić information content (AvgIpc) is 3.00. The van der Waals surface area contributed by atoms with Crippen molar-refractivity contribution in [3.8, 4) is 0 Å². The molecule has 0 bridgehead atoms. The summed E-state index contributed by atoms with van der Waals surface area (Å²) in [6, 6.07) is 14.6. The lowest BCUT2D eigenvalue weighted by Gasteiger charge is -2.02. The van der Waals surface area contributed by atoms with E-state index in [0.717, 1.165) is 5.56 Å². The summed E-state index contributed by atoms with van der Waals surface area (Å²) >= 11 is 5.93. The quantitative estimate of drug-likeness (QED) is 0.392. The summed E-state index contributed by atoms with van der Waals surface area (Å²) in [4.78, 5) is 22.0. The van der Waals surface area contributed by atoms with Crippen molar-refractivity contribution in [3.63, 3.8) is 0 Å². The Morgan fingerprint density at radius 1 is 1.17 bits per heavy atom. The molecule has 4 aromatic rings. The Kier molecular flexibility index (Phi) is 4.97. The van der Waals surface area contributed by atoms with Crippen molar-refractivity contribution in [2.45, 2.75) is 0 Å². The van der Waals surface area contributed by atoms with Crippen LogP contribution < -0.4 is 11.1 Å². The lowest BCUT2D eigenvalue weighted by Crippen LogP contribution is -2.24. The highest BCUT2D eigenvalue weighted by atomic mass is 35.5. The molecule has 0 fully saturated rings. The Morgan fingerprint density at radius 3 is 2.55 bits per heavy atom. The third-order valence-electron chi connectivity index (χ3n) is 4.30. The van der Waals surface area contributed by atoms with Gasteiger partial charge in [-0.1, -0.05) is 41.9 Å². The minimum Gasteiger partial charge on any atom is -0.383 e. The number of halogens is 1. The summed E-state index contributed by atoms with van der Waals surface area (Å²) in [5, 5.41) is 7.81. The Morgan fingerprint density at radius 2 is 1.86 bits per heavy atom. The van der Waals surface area contributed by atoms with E-state index in [9.17, 15) is 4.79 Å². The number of hydrogen-bond donors (Lipinski definition) is 2. The van der Waals surface area contributed by atoms with Crippen LogP contribution in [0, 0.1) is 0 Å². The lowest BCUT2D eigenvalue weighted by atomic mass is 10.2. The minimum absolute atomic E-state index is 0.155. The number of carbonyl (C=O) groups is 1. The van der Waals surface area contributed by atoms with Gasteiger partial charge in [0.05, 0.1) is 17.2 Å². The van der Waals surface area contributed by atoms with Crippen molar-refractivity contribution >= 4 is 51.7 Å². The molecule has 0 aliphatic carbocycles. The van der Waals surface area contributed by atoms with Gasteiger partial charge < -0.3 is 11.1 Å². The topological polar surface area (TPSA) is 98.2 Å².